The Hall–Kier alpha value is -2.63. The third-order valence-corrected chi connectivity index (χ3v) is 2.65. The molecule has 2 aromatic rings. The zero-order valence-electron chi connectivity index (χ0n) is 11.6. The topological polar surface area (TPSA) is 63.2 Å². The lowest BCUT2D eigenvalue weighted by Crippen LogP contribution is -2.28. The van der Waals surface area contributed by atoms with Crippen LogP contribution in [-0.2, 0) is 6.54 Å². The van der Waals surface area contributed by atoms with Gasteiger partial charge >= 0.3 is 6.03 Å². The lowest BCUT2D eigenvalue weighted by atomic mass is 10.3. The number of amides is 2. The van der Waals surface area contributed by atoms with Crippen LogP contribution < -0.4 is 15.4 Å². The predicted octanol–water partition coefficient (Wildman–Crippen LogP) is 2.94. The third-order valence-electron chi connectivity index (χ3n) is 2.65. The number of halogens is 1. The number of carbonyl (C=O) groups is 1. The zero-order valence-corrected chi connectivity index (χ0v) is 11.6. The maximum absolute atomic E-state index is 13.2. The molecule has 110 valence electrons. The van der Waals surface area contributed by atoms with E-state index in [1.54, 1.807) is 19.2 Å². The summed E-state index contributed by atoms with van der Waals surface area (Å²) in [6.45, 7) is 2.47. The van der Waals surface area contributed by atoms with E-state index in [2.05, 4.69) is 15.6 Å². The smallest absolute Gasteiger partial charge is 0.319 e. The maximum Gasteiger partial charge on any atom is 0.319 e. The zero-order chi connectivity index (χ0) is 15.1. The number of benzene rings is 1. The molecule has 0 spiro atoms. The molecule has 0 unspecified atom stereocenters. The summed E-state index contributed by atoms with van der Waals surface area (Å²) in [6, 6.07) is 9.00. The van der Waals surface area contributed by atoms with Crippen molar-refractivity contribution in [2.45, 2.75) is 13.5 Å². The first-order valence-corrected chi connectivity index (χ1v) is 6.56. The molecule has 6 heteroatoms. The van der Waals surface area contributed by atoms with E-state index in [0.717, 1.165) is 5.69 Å². The quantitative estimate of drug-likeness (QED) is 0.889. The number of rotatable bonds is 5. The summed E-state index contributed by atoms with van der Waals surface area (Å²) < 4.78 is 18.4. The van der Waals surface area contributed by atoms with Crippen LogP contribution in [0.5, 0.6) is 5.75 Å². The average molecular weight is 289 g/mol. The molecular weight excluding hydrogens is 273 g/mol. The van der Waals surface area contributed by atoms with Crippen LogP contribution in [0.15, 0.2) is 42.6 Å². The van der Waals surface area contributed by atoms with Gasteiger partial charge in [0.25, 0.3) is 0 Å². The van der Waals surface area contributed by atoms with Crippen molar-refractivity contribution >= 4 is 11.7 Å². The Kier molecular flexibility index (Phi) is 5.09. The molecule has 0 aliphatic rings. The number of ether oxygens (including phenoxy) is 1. The van der Waals surface area contributed by atoms with Gasteiger partial charge < -0.3 is 15.4 Å². The van der Waals surface area contributed by atoms with Crippen LogP contribution in [0.25, 0.3) is 0 Å². The summed E-state index contributed by atoms with van der Waals surface area (Å²) in [7, 11) is 0. The normalized spacial score (nSPS) is 10.0. The lowest BCUT2D eigenvalue weighted by molar-refractivity contribution is 0.251. The van der Waals surface area contributed by atoms with E-state index >= 15 is 0 Å². The fourth-order valence-electron chi connectivity index (χ4n) is 1.71. The van der Waals surface area contributed by atoms with E-state index in [-0.39, 0.29) is 0 Å². The van der Waals surface area contributed by atoms with Gasteiger partial charge in [0, 0.05) is 12.3 Å². The number of nitrogens with zero attached hydrogens (tertiary/aromatic N) is 1. The second-order valence-corrected chi connectivity index (χ2v) is 4.20. The molecule has 0 aliphatic heterocycles. The van der Waals surface area contributed by atoms with Gasteiger partial charge in [0.05, 0.1) is 24.5 Å². The predicted molar refractivity (Wildman–Crippen MR) is 77.7 cm³/mol. The molecule has 0 saturated carbocycles. The van der Waals surface area contributed by atoms with Gasteiger partial charge in [-0.1, -0.05) is 6.07 Å². The Morgan fingerprint density at radius 3 is 2.90 bits per heavy atom. The largest absolute Gasteiger partial charge is 0.492 e. The van der Waals surface area contributed by atoms with Crippen molar-refractivity contribution in [2.75, 3.05) is 11.9 Å². The standard InChI is InChI=1S/C15H16FN3O2/c1-2-21-14-9-11(16)6-7-13(14)19-15(20)18-10-12-5-3-4-8-17-12/h3-9H,2,10H2,1H3,(H2,18,19,20). The Labute approximate surface area is 122 Å². The second-order valence-electron chi connectivity index (χ2n) is 4.20. The first-order valence-electron chi connectivity index (χ1n) is 6.56. The van der Waals surface area contributed by atoms with E-state index in [1.165, 1.54) is 18.2 Å². The fraction of sp³-hybridized carbons (Fsp3) is 0.200. The van der Waals surface area contributed by atoms with Gasteiger partial charge in [-0.2, -0.15) is 0 Å². The summed E-state index contributed by atoms with van der Waals surface area (Å²) in [5.74, 6) is -0.122. The molecule has 5 nitrogen and oxygen atoms in total. The van der Waals surface area contributed by atoms with Gasteiger partial charge in [-0.05, 0) is 31.2 Å². The summed E-state index contributed by atoms with van der Waals surface area (Å²) in [5, 5.41) is 5.29. The Balaban J connectivity index is 1.96. The summed E-state index contributed by atoms with van der Waals surface area (Å²) in [5.41, 5.74) is 1.16. The summed E-state index contributed by atoms with van der Waals surface area (Å²) >= 11 is 0. The summed E-state index contributed by atoms with van der Waals surface area (Å²) in [6.07, 6.45) is 1.65. The highest BCUT2D eigenvalue weighted by atomic mass is 19.1. The molecule has 1 aromatic carbocycles. The maximum atomic E-state index is 13.2. The Morgan fingerprint density at radius 2 is 2.19 bits per heavy atom. The van der Waals surface area contributed by atoms with Crippen molar-refractivity contribution in [2.24, 2.45) is 0 Å². The summed E-state index contributed by atoms with van der Waals surface area (Å²) in [4.78, 5) is 15.9. The molecule has 0 radical (unpaired) electrons. The highest BCUT2D eigenvalue weighted by Gasteiger charge is 2.09. The van der Waals surface area contributed by atoms with Crippen LogP contribution >= 0.6 is 0 Å². The highest BCUT2D eigenvalue weighted by Crippen LogP contribution is 2.25. The Morgan fingerprint density at radius 1 is 1.33 bits per heavy atom. The van der Waals surface area contributed by atoms with E-state index in [4.69, 9.17) is 4.74 Å². The van der Waals surface area contributed by atoms with Gasteiger partial charge in [-0.15, -0.1) is 0 Å². The van der Waals surface area contributed by atoms with Crippen molar-refractivity contribution in [1.82, 2.24) is 10.3 Å². The van der Waals surface area contributed by atoms with Crippen LogP contribution in [0.3, 0.4) is 0 Å². The van der Waals surface area contributed by atoms with Crippen LogP contribution in [-0.4, -0.2) is 17.6 Å². The van der Waals surface area contributed by atoms with Crippen LogP contribution in [0, 0.1) is 5.82 Å². The molecule has 1 aromatic heterocycles. The Bertz CT molecular complexity index is 605. The van der Waals surface area contributed by atoms with Gasteiger partial charge in [0.2, 0.25) is 0 Å². The highest BCUT2D eigenvalue weighted by molar-refractivity contribution is 5.90. The first-order chi connectivity index (χ1) is 10.2. The van der Waals surface area contributed by atoms with Crippen molar-refractivity contribution in [3.8, 4) is 5.75 Å². The minimum absolute atomic E-state index is 0.297. The van der Waals surface area contributed by atoms with E-state index in [0.29, 0.717) is 24.6 Å². The fourth-order valence-corrected chi connectivity index (χ4v) is 1.71. The molecule has 2 rings (SSSR count). The number of carbonyl (C=O) groups excluding carboxylic acids is 1. The third kappa shape index (κ3) is 4.45. The van der Waals surface area contributed by atoms with Gasteiger partial charge in [0.15, 0.2) is 0 Å². The van der Waals surface area contributed by atoms with Crippen molar-refractivity contribution in [3.63, 3.8) is 0 Å². The van der Waals surface area contributed by atoms with Crippen molar-refractivity contribution in [1.29, 1.82) is 0 Å². The number of aromatic nitrogens is 1. The number of hydrogen-bond acceptors (Lipinski definition) is 3. The molecule has 2 N–H and O–H groups in total. The van der Waals surface area contributed by atoms with Crippen LogP contribution in [0.1, 0.15) is 12.6 Å². The molecule has 21 heavy (non-hydrogen) atoms. The van der Waals surface area contributed by atoms with Crippen LogP contribution in [0.2, 0.25) is 0 Å². The number of anilines is 1. The molecular formula is C15H16FN3O2. The average Bonchev–Trinajstić information content (AvgIpc) is 2.49. The van der Waals surface area contributed by atoms with Gasteiger partial charge in [-0.3, -0.25) is 4.98 Å². The SMILES string of the molecule is CCOc1cc(F)ccc1NC(=O)NCc1ccccn1. The number of nitrogens with one attached hydrogen (secondary N) is 2. The van der Waals surface area contributed by atoms with E-state index in [1.807, 2.05) is 12.1 Å². The minimum atomic E-state index is -0.419. The van der Waals surface area contributed by atoms with Crippen molar-refractivity contribution < 1.29 is 13.9 Å². The van der Waals surface area contributed by atoms with Crippen LogP contribution in [0.4, 0.5) is 14.9 Å². The monoisotopic (exact) mass is 289 g/mol. The molecule has 2 amide bonds. The molecule has 0 aliphatic carbocycles. The molecule has 0 atom stereocenters. The van der Waals surface area contributed by atoms with E-state index in [9.17, 15) is 9.18 Å². The molecule has 1 heterocycles. The van der Waals surface area contributed by atoms with Gasteiger partial charge in [-0.25, -0.2) is 9.18 Å². The number of hydrogen-bond donors (Lipinski definition) is 2. The second kappa shape index (κ2) is 7.23. The molecule has 0 bridgehead atoms. The number of pyridine rings is 1. The van der Waals surface area contributed by atoms with Crippen molar-refractivity contribution in [3.05, 3.63) is 54.1 Å². The number of urea groups is 1. The molecule has 0 fully saturated rings. The van der Waals surface area contributed by atoms with Gasteiger partial charge in [0.1, 0.15) is 11.6 Å². The first kappa shape index (κ1) is 14.8. The van der Waals surface area contributed by atoms with E-state index < -0.39 is 11.8 Å². The lowest BCUT2D eigenvalue weighted by Gasteiger charge is -2.12. The minimum Gasteiger partial charge on any atom is -0.492 e. The molecule has 0 saturated heterocycles.